The van der Waals surface area contributed by atoms with Crippen LogP contribution in [-0.4, -0.2) is 44.8 Å². The third-order valence-corrected chi connectivity index (χ3v) is 5.69. The third kappa shape index (κ3) is 3.85. The van der Waals surface area contributed by atoms with Crippen LogP contribution in [0.3, 0.4) is 0 Å². The minimum absolute atomic E-state index is 0.116. The Morgan fingerprint density at radius 3 is 2.91 bits per heavy atom. The number of rotatable bonds is 5. The van der Waals surface area contributed by atoms with E-state index in [9.17, 15) is 13.2 Å². The molecule has 3 N–H and O–H groups in total. The molecule has 1 saturated heterocycles. The van der Waals surface area contributed by atoms with Crippen molar-refractivity contribution >= 4 is 15.9 Å². The number of piperidine rings is 1. The summed E-state index contributed by atoms with van der Waals surface area (Å²) in [6, 6.07) is 6.85. The predicted molar refractivity (Wildman–Crippen MR) is 84.7 cm³/mol. The molecule has 0 bridgehead atoms. The molecule has 2 rings (SSSR count). The Morgan fingerprint density at radius 1 is 1.45 bits per heavy atom. The fraction of sp³-hybridized carbons (Fsp3) is 0.533. The number of hydrogen-bond donors (Lipinski definition) is 2. The van der Waals surface area contributed by atoms with Gasteiger partial charge in [0.15, 0.2) is 0 Å². The van der Waals surface area contributed by atoms with Crippen molar-refractivity contribution in [1.82, 2.24) is 9.62 Å². The highest BCUT2D eigenvalue weighted by Gasteiger charge is 2.33. The number of nitrogens with zero attached hydrogens (tertiary/aromatic N) is 1. The zero-order chi connectivity index (χ0) is 16.2. The van der Waals surface area contributed by atoms with Crippen molar-refractivity contribution in [2.24, 2.45) is 11.7 Å². The van der Waals surface area contributed by atoms with E-state index in [-0.39, 0.29) is 23.3 Å². The van der Waals surface area contributed by atoms with E-state index in [1.54, 1.807) is 18.2 Å². The largest absolute Gasteiger partial charge is 0.355 e. The number of nitrogens with one attached hydrogen (secondary N) is 1. The van der Waals surface area contributed by atoms with Crippen LogP contribution in [0.2, 0.25) is 0 Å². The number of nitrogens with two attached hydrogens (primary N) is 1. The first-order chi connectivity index (χ1) is 10.4. The third-order valence-electron chi connectivity index (χ3n) is 3.83. The van der Waals surface area contributed by atoms with Gasteiger partial charge in [0.1, 0.15) is 0 Å². The zero-order valence-corrected chi connectivity index (χ0v) is 13.6. The molecule has 1 heterocycles. The second-order valence-corrected chi connectivity index (χ2v) is 7.54. The molecule has 1 atom stereocenters. The van der Waals surface area contributed by atoms with Crippen LogP contribution in [-0.2, 0) is 14.8 Å². The van der Waals surface area contributed by atoms with E-state index in [0.29, 0.717) is 32.5 Å². The van der Waals surface area contributed by atoms with Gasteiger partial charge in [0.2, 0.25) is 15.9 Å². The van der Waals surface area contributed by atoms with Crippen LogP contribution >= 0.6 is 0 Å². The van der Waals surface area contributed by atoms with Gasteiger partial charge in [-0.1, -0.05) is 12.1 Å². The van der Waals surface area contributed by atoms with E-state index in [1.165, 1.54) is 4.31 Å². The number of carbonyl (C=O) groups excluding carboxylic acids is 1. The molecular weight excluding hydrogens is 302 g/mol. The second kappa shape index (κ2) is 7.21. The van der Waals surface area contributed by atoms with Crippen LogP contribution in [0.5, 0.6) is 0 Å². The van der Waals surface area contributed by atoms with Gasteiger partial charge in [-0.15, -0.1) is 0 Å². The smallest absolute Gasteiger partial charge is 0.243 e. The molecule has 1 fully saturated rings. The van der Waals surface area contributed by atoms with Crippen molar-refractivity contribution in [2.45, 2.75) is 24.7 Å². The minimum atomic E-state index is -3.54. The van der Waals surface area contributed by atoms with Crippen LogP contribution in [0, 0.1) is 12.8 Å². The summed E-state index contributed by atoms with van der Waals surface area (Å²) in [5, 5.41) is 2.74. The molecule has 0 spiro atoms. The van der Waals surface area contributed by atoms with Gasteiger partial charge in [-0.3, -0.25) is 4.79 Å². The van der Waals surface area contributed by atoms with Crippen molar-refractivity contribution < 1.29 is 13.2 Å². The molecular formula is C15H23N3O3S. The summed E-state index contributed by atoms with van der Waals surface area (Å²) in [5.74, 6) is -0.422. The first kappa shape index (κ1) is 16.9. The maximum Gasteiger partial charge on any atom is 0.243 e. The molecule has 1 amide bonds. The van der Waals surface area contributed by atoms with Crippen molar-refractivity contribution in [3.8, 4) is 0 Å². The van der Waals surface area contributed by atoms with Gasteiger partial charge in [-0.25, -0.2) is 8.42 Å². The van der Waals surface area contributed by atoms with Crippen LogP contribution < -0.4 is 11.1 Å². The number of benzene rings is 1. The summed E-state index contributed by atoms with van der Waals surface area (Å²) in [4.78, 5) is 12.3. The first-order valence-electron chi connectivity index (χ1n) is 7.49. The highest BCUT2D eigenvalue weighted by Crippen LogP contribution is 2.24. The number of carbonyl (C=O) groups is 1. The van der Waals surface area contributed by atoms with Crippen LogP contribution in [0.1, 0.15) is 18.4 Å². The highest BCUT2D eigenvalue weighted by atomic mass is 32.2. The van der Waals surface area contributed by atoms with Gasteiger partial charge in [0.05, 0.1) is 10.8 Å². The van der Waals surface area contributed by atoms with Crippen molar-refractivity contribution in [3.05, 3.63) is 29.8 Å². The second-order valence-electron chi connectivity index (χ2n) is 5.60. The molecule has 7 heteroatoms. The average molecular weight is 325 g/mol. The van der Waals surface area contributed by atoms with Gasteiger partial charge in [-0.2, -0.15) is 4.31 Å². The lowest BCUT2D eigenvalue weighted by Gasteiger charge is -2.31. The Hall–Kier alpha value is -1.44. The van der Waals surface area contributed by atoms with E-state index < -0.39 is 10.0 Å². The van der Waals surface area contributed by atoms with E-state index >= 15 is 0 Å². The fourth-order valence-corrected chi connectivity index (χ4v) is 4.27. The van der Waals surface area contributed by atoms with E-state index in [1.807, 2.05) is 13.0 Å². The maximum atomic E-state index is 12.7. The Labute approximate surface area is 131 Å². The highest BCUT2D eigenvalue weighted by molar-refractivity contribution is 7.89. The van der Waals surface area contributed by atoms with Crippen molar-refractivity contribution in [3.63, 3.8) is 0 Å². The predicted octanol–water partition coefficient (Wildman–Crippen LogP) is 0.471. The summed E-state index contributed by atoms with van der Waals surface area (Å²) in [6.07, 6.45) is 1.39. The lowest BCUT2D eigenvalue weighted by atomic mass is 9.99. The first-order valence-corrected chi connectivity index (χ1v) is 8.94. The molecule has 1 aromatic rings. The molecule has 0 radical (unpaired) electrons. The van der Waals surface area contributed by atoms with Gasteiger partial charge in [-0.05, 0) is 37.5 Å². The van der Waals surface area contributed by atoms with Crippen molar-refractivity contribution in [2.75, 3.05) is 26.2 Å². The topological polar surface area (TPSA) is 92.5 Å². The quantitative estimate of drug-likeness (QED) is 0.823. The SMILES string of the molecule is Cc1cccc(S(=O)(=O)N2CCCC(C(=O)NCCN)C2)c1. The number of sulfonamides is 1. The van der Waals surface area contributed by atoms with Gasteiger partial charge < -0.3 is 11.1 Å². The van der Waals surface area contributed by atoms with Crippen LogP contribution in [0.15, 0.2) is 29.2 Å². The Kier molecular flexibility index (Phi) is 5.55. The Bertz CT molecular complexity index is 631. The maximum absolute atomic E-state index is 12.7. The minimum Gasteiger partial charge on any atom is -0.355 e. The normalized spacial score (nSPS) is 19.8. The summed E-state index contributed by atoms with van der Waals surface area (Å²) in [5.41, 5.74) is 6.27. The van der Waals surface area contributed by atoms with Crippen LogP contribution in [0.4, 0.5) is 0 Å². The summed E-state index contributed by atoms with van der Waals surface area (Å²) in [7, 11) is -3.54. The molecule has 0 saturated carbocycles. The van der Waals surface area contributed by atoms with Crippen LogP contribution in [0.25, 0.3) is 0 Å². The lowest BCUT2D eigenvalue weighted by Crippen LogP contribution is -2.46. The van der Waals surface area contributed by atoms with E-state index in [4.69, 9.17) is 5.73 Å². The van der Waals surface area contributed by atoms with E-state index in [2.05, 4.69) is 5.32 Å². The summed E-state index contributed by atoms with van der Waals surface area (Å²) >= 11 is 0. The standard InChI is InChI=1S/C15H23N3O3S/c1-12-4-2-6-14(10-12)22(20,21)18-9-3-5-13(11-18)15(19)17-8-7-16/h2,4,6,10,13H,3,5,7-9,11,16H2,1H3,(H,17,19). The van der Waals surface area contributed by atoms with Gasteiger partial charge >= 0.3 is 0 Å². The molecule has 1 unspecified atom stereocenters. The lowest BCUT2D eigenvalue weighted by molar-refractivity contribution is -0.126. The fourth-order valence-electron chi connectivity index (χ4n) is 2.64. The Morgan fingerprint density at radius 2 is 2.23 bits per heavy atom. The molecule has 0 aliphatic carbocycles. The number of aryl methyl sites for hydroxylation is 1. The number of amides is 1. The zero-order valence-electron chi connectivity index (χ0n) is 12.8. The Balaban J connectivity index is 2.13. The van der Waals surface area contributed by atoms with Gasteiger partial charge in [0, 0.05) is 26.2 Å². The molecule has 1 aliphatic rings. The van der Waals surface area contributed by atoms with Crippen molar-refractivity contribution in [1.29, 1.82) is 0 Å². The molecule has 1 aliphatic heterocycles. The molecule has 1 aromatic carbocycles. The molecule has 0 aromatic heterocycles. The molecule has 122 valence electrons. The summed E-state index contributed by atoms with van der Waals surface area (Å²) in [6.45, 7) is 3.34. The van der Waals surface area contributed by atoms with Gasteiger partial charge in [0.25, 0.3) is 0 Å². The average Bonchev–Trinajstić information content (AvgIpc) is 2.52. The monoisotopic (exact) mass is 325 g/mol. The summed E-state index contributed by atoms with van der Waals surface area (Å²) < 4.78 is 26.8. The van der Waals surface area contributed by atoms with E-state index in [0.717, 1.165) is 5.56 Å². The molecule has 6 nitrogen and oxygen atoms in total. The number of hydrogen-bond acceptors (Lipinski definition) is 4. The molecule has 22 heavy (non-hydrogen) atoms.